The summed E-state index contributed by atoms with van der Waals surface area (Å²) in [6, 6.07) is 8.22. The minimum atomic E-state index is 0.517. The van der Waals surface area contributed by atoms with E-state index >= 15 is 0 Å². The van der Waals surface area contributed by atoms with Crippen molar-refractivity contribution < 1.29 is 4.42 Å². The maximum Gasteiger partial charge on any atom is 0.318 e. The van der Waals surface area contributed by atoms with Crippen molar-refractivity contribution in [2.24, 2.45) is 0 Å². The predicted octanol–water partition coefficient (Wildman–Crippen LogP) is 2.47. The topological polar surface area (TPSA) is 54.2 Å². The molecule has 1 aromatic carbocycles. The highest BCUT2D eigenvalue weighted by atomic mass is 35.5. The lowest BCUT2D eigenvalue weighted by molar-refractivity contribution is 0.469. The molecular formula is C13H17ClN4O. The fourth-order valence-corrected chi connectivity index (χ4v) is 1.76. The summed E-state index contributed by atoms with van der Waals surface area (Å²) in [6.07, 6.45) is 0. The van der Waals surface area contributed by atoms with Gasteiger partial charge in [-0.25, -0.2) is 0 Å². The van der Waals surface area contributed by atoms with Gasteiger partial charge in [0, 0.05) is 18.6 Å². The van der Waals surface area contributed by atoms with Crippen LogP contribution in [0, 0.1) is 0 Å². The molecule has 2 aromatic rings. The van der Waals surface area contributed by atoms with Crippen LogP contribution in [0.2, 0.25) is 5.02 Å². The molecule has 0 unspecified atom stereocenters. The lowest BCUT2D eigenvalue weighted by atomic mass is 10.2. The zero-order chi connectivity index (χ0) is 13.7. The lowest BCUT2D eigenvalue weighted by Gasteiger charge is -2.13. The lowest BCUT2D eigenvalue weighted by Crippen LogP contribution is -2.16. The predicted molar refractivity (Wildman–Crippen MR) is 75.2 cm³/mol. The summed E-state index contributed by atoms with van der Waals surface area (Å²) < 4.78 is 5.56. The molecule has 2 rings (SSSR count). The second-order valence-electron chi connectivity index (χ2n) is 4.24. The largest absolute Gasteiger partial charge is 0.407 e. The molecule has 5 nitrogen and oxygen atoms in total. The summed E-state index contributed by atoms with van der Waals surface area (Å²) in [5, 5.41) is 11.9. The Morgan fingerprint density at radius 1 is 1.26 bits per heavy atom. The van der Waals surface area contributed by atoms with Crippen LogP contribution >= 0.6 is 11.6 Å². The highest BCUT2D eigenvalue weighted by molar-refractivity contribution is 6.30. The van der Waals surface area contributed by atoms with Crippen LogP contribution in [0.4, 0.5) is 6.01 Å². The van der Waals surface area contributed by atoms with Crippen LogP contribution in [-0.2, 0) is 13.1 Å². The molecular weight excluding hydrogens is 264 g/mol. The normalized spacial score (nSPS) is 10.7. The molecule has 0 saturated heterocycles. The number of nitrogens with one attached hydrogen (secondary N) is 1. The van der Waals surface area contributed by atoms with Crippen molar-refractivity contribution in [3.8, 4) is 0 Å². The van der Waals surface area contributed by atoms with Gasteiger partial charge in [-0.1, -0.05) is 35.8 Å². The van der Waals surface area contributed by atoms with Crippen molar-refractivity contribution in [2.75, 3.05) is 18.5 Å². The Bertz CT molecular complexity index is 512. The van der Waals surface area contributed by atoms with Crippen LogP contribution < -0.4 is 10.2 Å². The molecule has 0 radical (unpaired) electrons. The fraction of sp³-hybridized carbons (Fsp3) is 0.385. The molecule has 0 amide bonds. The Hall–Kier alpha value is -1.59. The summed E-state index contributed by atoms with van der Waals surface area (Å²) in [6.45, 7) is 4.19. The monoisotopic (exact) mass is 280 g/mol. The van der Waals surface area contributed by atoms with E-state index in [2.05, 4.69) is 15.5 Å². The average molecular weight is 281 g/mol. The van der Waals surface area contributed by atoms with Gasteiger partial charge in [0.05, 0.1) is 6.54 Å². The molecule has 1 N–H and O–H groups in total. The van der Waals surface area contributed by atoms with Gasteiger partial charge in [0.15, 0.2) is 0 Å². The standard InChI is InChI=1S/C13H17ClN4O/c1-3-15-8-12-16-17-13(19-12)18(2)9-10-4-6-11(14)7-5-10/h4-7,15H,3,8-9H2,1-2H3. The van der Waals surface area contributed by atoms with Crippen LogP contribution in [0.5, 0.6) is 0 Å². The highest BCUT2D eigenvalue weighted by Crippen LogP contribution is 2.15. The number of aromatic nitrogens is 2. The third-order valence-corrected chi connectivity index (χ3v) is 2.89. The first-order valence-electron chi connectivity index (χ1n) is 6.17. The first-order valence-corrected chi connectivity index (χ1v) is 6.55. The van der Waals surface area contributed by atoms with Gasteiger partial charge in [-0.2, -0.15) is 0 Å². The summed E-state index contributed by atoms with van der Waals surface area (Å²) >= 11 is 5.86. The summed E-state index contributed by atoms with van der Waals surface area (Å²) in [5.41, 5.74) is 1.14. The van der Waals surface area contributed by atoms with Crippen molar-refractivity contribution in [1.29, 1.82) is 0 Å². The quantitative estimate of drug-likeness (QED) is 0.881. The Morgan fingerprint density at radius 2 is 2.00 bits per heavy atom. The smallest absolute Gasteiger partial charge is 0.318 e. The molecule has 0 aliphatic rings. The number of rotatable bonds is 6. The first kappa shape index (κ1) is 13.8. The molecule has 0 aliphatic heterocycles. The number of anilines is 1. The molecule has 0 saturated carbocycles. The maximum atomic E-state index is 5.86. The first-order chi connectivity index (χ1) is 9.19. The average Bonchev–Trinajstić information content (AvgIpc) is 2.88. The molecule has 0 aliphatic carbocycles. The fourth-order valence-electron chi connectivity index (χ4n) is 1.63. The Kier molecular flexibility index (Phi) is 4.76. The van der Waals surface area contributed by atoms with Gasteiger partial charge in [-0.3, -0.25) is 0 Å². The summed E-state index contributed by atoms with van der Waals surface area (Å²) in [5.74, 6) is 0.597. The van der Waals surface area contributed by atoms with E-state index in [1.54, 1.807) is 0 Å². The van der Waals surface area contributed by atoms with Gasteiger partial charge in [0.25, 0.3) is 0 Å². The Balaban J connectivity index is 1.97. The molecule has 1 aromatic heterocycles. The van der Waals surface area contributed by atoms with Crippen molar-refractivity contribution in [3.05, 3.63) is 40.7 Å². The van der Waals surface area contributed by atoms with E-state index in [0.29, 0.717) is 25.0 Å². The summed E-state index contributed by atoms with van der Waals surface area (Å²) in [7, 11) is 1.92. The number of nitrogens with zero attached hydrogens (tertiary/aromatic N) is 3. The SMILES string of the molecule is CCNCc1nnc(N(C)Cc2ccc(Cl)cc2)o1. The van der Waals surface area contributed by atoms with E-state index in [0.717, 1.165) is 17.1 Å². The van der Waals surface area contributed by atoms with Gasteiger partial charge in [-0.05, 0) is 24.2 Å². The van der Waals surface area contributed by atoms with Gasteiger partial charge in [0.2, 0.25) is 5.89 Å². The molecule has 19 heavy (non-hydrogen) atoms. The minimum absolute atomic E-state index is 0.517. The molecule has 0 atom stereocenters. The van der Waals surface area contributed by atoms with E-state index in [9.17, 15) is 0 Å². The van der Waals surface area contributed by atoms with Crippen LogP contribution in [0.3, 0.4) is 0 Å². The van der Waals surface area contributed by atoms with Crippen LogP contribution in [0.1, 0.15) is 18.4 Å². The third kappa shape index (κ3) is 3.94. The van der Waals surface area contributed by atoms with Crippen molar-refractivity contribution >= 4 is 17.6 Å². The van der Waals surface area contributed by atoms with E-state index in [-0.39, 0.29) is 0 Å². The van der Waals surface area contributed by atoms with Crippen LogP contribution in [-0.4, -0.2) is 23.8 Å². The second-order valence-corrected chi connectivity index (χ2v) is 4.68. The van der Waals surface area contributed by atoms with E-state index in [4.69, 9.17) is 16.0 Å². The van der Waals surface area contributed by atoms with Crippen molar-refractivity contribution in [2.45, 2.75) is 20.0 Å². The van der Waals surface area contributed by atoms with Crippen molar-refractivity contribution in [1.82, 2.24) is 15.5 Å². The van der Waals surface area contributed by atoms with E-state index < -0.39 is 0 Å². The van der Waals surface area contributed by atoms with Crippen LogP contribution in [0.15, 0.2) is 28.7 Å². The number of benzene rings is 1. The van der Waals surface area contributed by atoms with Gasteiger partial charge >= 0.3 is 6.01 Å². The van der Waals surface area contributed by atoms with Crippen molar-refractivity contribution in [3.63, 3.8) is 0 Å². The number of hydrogen-bond donors (Lipinski definition) is 1. The van der Waals surface area contributed by atoms with Gasteiger partial charge in [-0.15, -0.1) is 5.10 Å². The summed E-state index contributed by atoms with van der Waals surface area (Å²) in [4.78, 5) is 1.91. The van der Waals surface area contributed by atoms with Gasteiger partial charge in [0.1, 0.15) is 0 Å². The number of hydrogen-bond acceptors (Lipinski definition) is 5. The number of halogens is 1. The van der Waals surface area contributed by atoms with Gasteiger partial charge < -0.3 is 14.6 Å². The molecule has 0 bridgehead atoms. The van der Waals surface area contributed by atoms with Crippen LogP contribution in [0.25, 0.3) is 0 Å². The van der Waals surface area contributed by atoms with E-state index in [1.165, 1.54) is 0 Å². The molecule has 0 spiro atoms. The maximum absolute atomic E-state index is 5.86. The molecule has 1 heterocycles. The second kappa shape index (κ2) is 6.54. The highest BCUT2D eigenvalue weighted by Gasteiger charge is 2.10. The Labute approximate surface area is 117 Å². The minimum Gasteiger partial charge on any atom is -0.407 e. The van der Waals surface area contributed by atoms with E-state index in [1.807, 2.05) is 43.1 Å². The Morgan fingerprint density at radius 3 is 2.68 bits per heavy atom. The zero-order valence-electron chi connectivity index (χ0n) is 11.1. The molecule has 6 heteroatoms. The zero-order valence-corrected chi connectivity index (χ0v) is 11.8. The molecule has 102 valence electrons. The molecule has 0 fully saturated rings. The third-order valence-electron chi connectivity index (χ3n) is 2.64.